The number of anilines is 2. The molecule has 0 saturated heterocycles. The number of primary amides is 1. The molecule has 2 rings (SSSR count). The normalized spacial score (nSPS) is 9.86. The first-order valence-corrected chi connectivity index (χ1v) is 6.67. The van der Waals surface area contributed by atoms with Crippen molar-refractivity contribution in [2.45, 2.75) is 0 Å². The molecule has 4 N–H and O–H groups in total. The largest absolute Gasteiger partial charge is 0.497 e. The van der Waals surface area contributed by atoms with Gasteiger partial charge in [0.05, 0.1) is 19.2 Å². The average molecular weight is 299 g/mol. The molecule has 0 bridgehead atoms. The molecule has 0 spiro atoms. The first-order chi connectivity index (χ1) is 10.6. The maximum absolute atomic E-state index is 11.9. The maximum Gasteiger partial charge on any atom is 0.250 e. The average Bonchev–Trinajstić information content (AvgIpc) is 2.54. The lowest BCUT2D eigenvalue weighted by Crippen LogP contribution is -2.23. The second-order valence-corrected chi connectivity index (χ2v) is 4.54. The molecule has 2 aromatic carbocycles. The molecular weight excluding hydrogens is 282 g/mol. The van der Waals surface area contributed by atoms with Crippen LogP contribution in [0.1, 0.15) is 10.4 Å². The molecule has 0 aliphatic heterocycles. The van der Waals surface area contributed by atoms with Crippen LogP contribution in [0.3, 0.4) is 0 Å². The molecule has 6 heteroatoms. The number of methoxy groups -OCH3 is 1. The van der Waals surface area contributed by atoms with E-state index < -0.39 is 5.91 Å². The van der Waals surface area contributed by atoms with E-state index in [1.807, 2.05) is 0 Å². The Morgan fingerprint density at radius 3 is 2.41 bits per heavy atom. The number of amides is 2. The van der Waals surface area contributed by atoms with E-state index in [9.17, 15) is 9.59 Å². The summed E-state index contributed by atoms with van der Waals surface area (Å²) in [5, 5.41) is 5.64. The van der Waals surface area contributed by atoms with E-state index in [4.69, 9.17) is 10.5 Å². The van der Waals surface area contributed by atoms with Crippen molar-refractivity contribution in [1.29, 1.82) is 0 Å². The second kappa shape index (κ2) is 7.12. The number of rotatable bonds is 6. The Kier molecular flexibility index (Phi) is 4.98. The molecular formula is C16H17N3O3. The number of ether oxygens (including phenoxy) is 1. The van der Waals surface area contributed by atoms with E-state index in [-0.39, 0.29) is 12.5 Å². The van der Waals surface area contributed by atoms with Crippen molar-refractivity contribution in [3.05, 3.63) is 54.1 Å². The summed E-state index contributed by atoms with van der Waals surface area (Å²) in [6.07, 6.45) is 0. The molecule has 2 amide bonds. The Bertz CT molecular complexity index is 669. The van der Waals surface area contributed by atoms with Crippen LogP contribution >= 0.6 is 0 Å². The minimum absolute atomic E-state index is 0.0241. The molecule has 0 atom stereocenters. The van der Waals surface area contributed by atoms with Crippen molar-refractivity contribution < 1.29 is 14.3 Å². The van der Waals surface area contributed by atoms with Crippen LogP contribution in [0.5, 0.6) is 5.75 Å². The summed E-state index contributed by atoms with van der Waals surface area (Å²) >= 11 is 0. The van der Waals surface area contributed by atoms with Crippen LogP contribution in [0.25, 0.3) is 0 Å². The van der Waals surface area contributed by atoms with Gasteiger partial charge in [-0.1, -0.05) is 12.1 Å². The van der Waals surface area contributed by atoms with Gasteiger partial charge in [0, 0.05) is 11.4 Å². The first-order valence-electron chi connectivity index (χ1n) is 6.67. The lowest BCUT2D eigenvalue weighted by atomic mass is 10.1. The molecule has 0 aromatic heterocycles. The van der Waals surface area contributed by atoms with E-state index >= 15 is 0 Å². The minimum atomic E-state index is -0.543. The van der Waals surface area contributed by atoms with Crippen molar-refractivity contribution in [3.63, 3.8) is 0 Å². The van der Waals surface area contributed by atoms with Gasteiger partial charge in [-0.15, -0.1) is 0 Å². The van der Waals surface area contributed by atoms with Crippen molar-refractivity contribution in [2.75, 3.05) is 24.3 Å². The highest BCUT2D eigenvalue weighted by Gasteiger charge is 2.08. The number of hydrogen-bond donors (Lipinski definition) is 3. The van der Waals surface area contributed by atoms with E-state index in [1.54, 1.807) is 55.6 Å². The summed E-state index contributed by atoms with van der Waals surface area (Å²) in [5.41, 5.74) is 6.82. The summed E-state index contributed by atoms with van der Waals surface area (Å²) in [7, 11) is 1.58. The zero-order valence-corrected chi connectivity index (χ0v) is 12.1. The van der Waals surface area contributed by atoms with Crippen LogP contribution in [0, 0.1) is 0 Å². The Labute approximate surface area is 128 Å². The standard InChI is InChI=1S/C16H17N3O3/c1-22-12-8-6-11(7-9-12)19-15(20)10-18-14-5-3-2-4-13(14)16(17)21/h2-9,18H,10H2,1H3,(H2,17,21)(H,19,20). The lowest BCUT2D eigenvalue weighted by Gasteiger charge is -2.10. The van der Waals surface area contributed by atoms with Gasteiger partial charge in [0.25, 0.3) is 5.91 Å². The summed E-state index contributed by atoms with van der Waals surface area (Å²) in [6, 6.07) is 13.8. The van der Waals surface area contributed by atoms with Crippen LogP contribution in [-0.2, 0) is 4.79 Å². The third kappa shape index (κ3) is 3.99. The number of para-hydroxylation sites is 1. The molecule has 0 heterocycles. The first kappa shape index (κ1) is 15.4. The van der Waals surface area contributed by atoms with Gasteiger partial charge < -0.3 is 21.1 Å². The molecule has 0 aliphatic rings. The molecule has 114 valence electrons. The number of benzene rings is 2. The molecule has 0 unspecified atom stereocenters. The summed E-state index contributed by atoms with van der Waals surface area (Å²) < 4.78 is 5.05. The molecule has 2 aromatic rings. The minimum Gasteiger partial charge on any atom is -0.497 e. The topological polar surface area (TPSA) is 93.4 Å². The highest BCUT2D eigenvalue weighted by Crippen LogP contribution is 2.16. The number of nitrogens with two attached hydrogens (primary N) is 1. The van der Waals surface area contributed by atoms with Gasteiger partial charge in [0.15, 0.2) is 0 Å². The third-order valence-electron chi connectivity index (χ3n) is 3.01. The summed E-state index contributed by atoms with van der Waals surface area (Å²) in [6.45, 7) is 0.0241. The molecule has 0 saturated carbocycles. The SMILES string of the molecule is COc1ccc(NC(=O)CNc2ccccc2C(N)=O)cc1. The van der Waals surface area contributed by atoms with E-state index in [1.165, 1.54) is 0 Å². The Morgan fingerprint density at radius 2 is 1.77 bits per heavy atom. The van der Waals surface area contributed by atoms with Crippen LogP contribution in [0.15, 0.2) is 48.5 Å². The lowest BCUT2D eigenvalue weighted by molar-refractivity contribution is -0.114. The van der Waals surface area contributed by atoms with Crippen LogP contribution in [0.4, 0.5) is 11.4 Å². The monoisotopic (exact) mass is 299 g/mol. The van der Waals surface area contributed by atoms with Crippen molar-refractivity contribution in [2.24, 2.45) is 5.73 Å². The summed E-state index contributed by atoms with van der Waals surface area (Å²) in [5.74, 6) is -0.0605. The highest BCUT2D eigenvalue weighted by molar-refractivity contribution is 6.00. The van der Waals surface area contributed by atoms with E-state index in [2.05, 4.69) is 10.6 Å². The molecule has 0 radical (unpaired) electrons. The van der Waals surface area contributed by atoms with E-state index in [0.29, 0.717) is 22.7 Å². The smallest absolute Gasteiger partial charge is 0.250 e. The van der Waals surface area contributed by atoms with Crippen LogP contribution in [0.2, 0.25) is 0 Å². The van der Waals surface area contributed by atoms with Gasteiger partial charge >= 0.3 is 0 Å². The Hall–Kier alpha value is -3.02. The fourth-order valence-corrected chi connectivity index (χ4v) is 1.91. The van der Waals surface area contributed by atoms with Gasteiger partial charge in [0.1, 0.15) is 5.75 Å². The van der Waals surface area contributed by atoms with Gasteiger partial charge in [-0.05, 0) is 36.4 Å². The quantitative estimate of drug-likeness (QED) is 0.758. The number of carbonyl (C=O) groups excluding carboxylic acids is 2. The molecule has 6 nitrogen and oxygen atoms in total. The Morgan fingerprint density at radius 1 is 1.09 bits per heavy atom. The van der Waals surface area contributed by atoms with Gasteiger partial charge in [-0.2, -0.15) is 0 Å². The van der Waals surface area contributed by atoms with Gasteiger partial charge in [-0.3, -0.25) is 9.59 Å². The predicted molar refractivity (Wildman–Crippen MR) is 85.1 cm³/mol. The van der Waals surface area contributed by atoms with Crippen molar-refractivity contribution in [3.8, 4) is 5.75 Å². The van der Waals surface area contributed by atoms with E-state index in [0.717, 1.165) is 0 Å². The van der Waals surface area contributed by atoms with Crippen molar-refractivity contribution >= 4 is 23.2 Å². The maximum atomic E-state index is 11.9. The fraction of sp³-hybridized carbons (Fsp3) is 0.125. The second-order valence-electron chi connectivity index (χ2n) is 4.54. The van der Waals surface area contributed by atoms with Gasteiger partial charge in [-0.25, -0.2) is 0 Å². The van der Waals surface area contributed by atoms with Crippen LogP contribution < -0.4 is 21.1 Å². The zero-order valence-electron chi connectivity index (χ0n) is 12.1. The number of carbonyl (C=O) groups is 2. The predicted octanol–water partition coefficient (Wildman–Crippen LogP) is 1.84. The van der Waals surface area contributed by atoms with Gasteiger partial charge in [0.2, 0.25) is 5.91 Å². The summed E-state index contributed by atoms with van der Waals surface area (Å²) in [4.78, 5) is 23.2. The molecule has 22 heavy (non-hydrogen) atoms. The molecule has 0 aliphatic carbocycles. The van der Waals surface area contributed by atoms with Crippen molar-refractivity contribution in [1.82, 2.24) is 0 Å². The zero-order chi connectivity index (χ0) is 15.9. The number of hydrogen-bond acceptors (Lipinski definition) is 4. The fourth-order valence-electron chi connectivity index (χ4n) is 1.91. The van der Waals surface area contributed by atoms with Crippen LogP contribution in [-0.4, -0.2) is 25.5 Å². The highest BCUT2D eigenvalue weighted by atomic mass is 16.5. The molecule has 0 fully saturated rings. The number of nitrogens with one attached hydrogen (secondary N) is 2. The third-order valence-corrected chi connectivity index (χ3v) is 3.01. The Balaban J connectivity index is 1.94.